The van der Waals surface area contributed by atoms with Gasteiger partial charge < -0.3 is 0 Å². The van der Waals surface area contributed by atoms with E-state index in [9.17, 15) is 0 Å². The Morgan fingerprint density at radius 2 is 1.10 bits per heavy atom. The smallest absolute Gasteiger partial charge is 0.194 e. The Morgan fingerprint density at radius 1 is 0.561 bits per heavy atom. The molecule has 0 fully saturated rings. The fraction of sp³-hybridized carbons (Fsp3) is 0.175. The number of pyridine rings is 1. The number of benzene rings is 5. The second-order valence-electron chi connectivity index (χ2n) is 12.0. The second-order valence-corrected chi connectivity index (χ2v) is 12.0. The first-order chi connectivity index (χ1) is 19.9. The summed E-state index contributed by atoms with van der Waals surface area (Å²) in [5.74, 6) is 0.642. The van der Waals surface area contributed by atoms with E-state index in [-0.39, 0.29) is 0 Å². The van der Waals surface area contributed by atoms with E-state index < -0.39 is 0 Å². The molecule has 0 radical (unpaired) electrons. The van der Waals surface area contributed by atoms with Gasteiger partial charge in [0, 0.05) is 23.1 Å². The van der Waals surface area contributed by atoms with Gasteiger partial charge in [-0.2, -0.15) is 4.57 Å². The Bertz CT molecular complexity index is 1970. The van der Waals surface area contributed by atoms with E-state index in [0.29, 0.717) is 5.92 Å². The number of hydrogen-bond donors (Lipinski definition) is 0. The van der Waals surface area contributed by atoms with Crippen LogP contribution < -0.4 is 4.57 Å². The summed E-state index contributed by atoms with van der Waals surface area (Å²) in [5.41, 5.74) is 18.2. The van der Waals surface area contributed by atoms with Crippen LogP contribution in [0.3, 0.4) is 0 Å². The normalized spacial score (nSPS) is 11.9. The largest absolute Gasteiger partial charge is 0.213 e. The van der Waals surface area contributed by atoms with E-state index >= 15 is 0 Å². The number of aromatic nitrogens is 1. The van der Waals surface area contributed by atoms with E-state index in [2.05, 4.69) is 149 Å². The highest BCUT2D eigenvalue weighted by atomic mass is 14.9. The van der Waals surface area contributed by atoms with Gasteiger partial charge in [0.2, 0.25) is 11.2 Å². The molecule has 0 spiro atoms. The van der Waals surface area contributed by atoms with E-state index in [1.807, 2.05) is 0 Å². The molecule has 7 rings (SSSR count). The highest BCUT2D eigenvalue weighted by Crippen LogP contribution is 2.51. The molecule has 200 valence electrons. The number of aryl methyl sites for hydroxylation is 2. The van der Waals surface area contributed by atoms with Crippen LogP contribution in [-0.2, 0) is 13.5 Å². The molecule has 0 unspecified atom stereocenters. The fourth-order valence-electron chi connectivity index (χ4n) is 6.87. The van der Waals surface area contributed by atoms with Crippen molar-refractivity contribution in [3.8, 4) is 55.8 Å². The molecular formula is C40H36N+. The average molecular weight is 531 g/mol. The molecule has 1 aromatic heterocycles. The minimum atomic E-state index is 0.642. The summed E-state index contributed by atoms with van der Waals surface area (Å²) in [7, 11) is 2.23. The van der Waals surface area contributed by atoms with Crippen molar-refractivity contribution >= 4 is 10.9 Å². The van der Waals surface area contributed by atoms with Crippen molar-refractivity contribution in [2.75, 3.05) is 0 Å². The molecule has 1 aliphatic carbocycles. The standard InChI is InChI=1S/C40H36N/c1-25(2)22-28-18-20-37-29(24-28)19-21-38(41(37)5)39-27(4)26(3)23-36-34-16-9-8-14-32(34)30-12-6-7-13-31(30)33-15-10-11-17-35(33)40(36)39/h6-21,23-25H,22H2,1-5H3/q+1. The van der Waals surface area contributed by atoms with Crippen LogP contribution in [0.4, 0.5) is 0 Å². The summed E-state index contributed by atoms with van der Waals surface area (Å²) in [6.45, 7) is 9.13. The molecule has 0 saturated heterocycles. The van der Waals surface area contributed by atoms with Crippen LogP contribution >= 0.6 is 0 Å². The van der Waals surface area contributed by atoms with Gasteiger partial charge in [-0.15, -0.1) is 0 Å². The summed E-state index contributed by atoms with van der Waals surface area (Å²) >= 11 is 0. The molecule has 0 aliphatic heterocycles. The van der Waals surface area contributed by atoms with Crippen LogP contribution in [0.2, 0.25) is 0 Å². The Hall–Kier alpha value is -4.49. The molecule has 1 aliphatic rings. The van der Waals surface area contributed by atoms with Gasteiger partial charge in [-0.1, -0.05) is 98.8 Å². The number of fused-ring (bicyclic) bond motifs is 9. The van der Waals surface area contributed by atoms with Gasteiger partial charge in [-0.25, -0.2) is 0 Å². The molecule has 41 heavy (non-hydrogen) atoms. The van der Waals surface area contributed by atoms with Gasteiger partial charge in [0.1, 0.15) is 7.05 Å². The van der Waals surface area contributed by atoms with Crippen LogP contribution in [0, 0.1) is 19.8 Å². The molecule has 1 heteroatoms. The summed E-state index contributed by atoms with van der Waals surface area (Å²) < 4.78 is 2.40. The molecule has 6 aromatic rings. The highest BCUT2D eigenvalue weighted by molar-refractivity contribution is 6.07. The van der Waals surface area contributed by atoms with Gasteiger partial charge in [0.05, 0.1) is 5.56 Å². The van der Waals surface area contributed by atoms with Gasteiger partial charge >= 0.3 is 0 Å². The summed E-state index contributed by atoms with van der Waals surface area (Å²) in [4.78, 5) is 0. The third-order valence-electron chi connectivity index (χ3n) is 8.90. The maximum Gasteiger partial charge on any atom is 0.213 e. The van der Waals surface area contributed by atoms with Crippen LogP contribution in [-0.4, -0.2) is 0 Å². The van der Waals surface area contributed by atoms with Crippen molar-refractivity contribution in [3.63, 3.8) is 0 Å². The molecule has 0 N–H and O–H groups in total. The fourth-order valence-corrected chi connectivity index (χ4v) is 6.87. The monoisotopic (exact) mass is 530 g/mol. The lowest BCUT2D eigenvalue weighted by Crippen LogP contribution is -2.32. The quantitative estimate of drug-likeness (QED) is 0.200. The van der Waals surface area contributed by atoms with Crippen molar-refractivity contribution in [2.45, 2.75) is 34.1 Å². The highest BCUT2D eigenvalue weighted by Gasteiger charge is 2.29. The zero-order valence-corrected chi connectivity index (χ0v) is 24.6. The Kier molecular flexibility index (Phi) is 6.12. The summed E-state index contributed by atoms with van der Waals surface area (Å²) in [5, 5.41) is 1.29. The maximum absolute atomic E-state index is 2.41. The minimum absolute atomic E-state index is 0.642. The third-order valence-corrected chi connectivity index (χ3v) is 8.90. The van der Waals surface area contributed by atoms with Crippen LogP contribution in [0.1, 0.15) is 30.5 Å². The van der Waals surface area contributed by atoms with Crippen LogP contribution in [0.25, 0.3) is 66.7 Å². The lowest BCUT2D eigenvalue weighted by atomic mass is 9.77. The Labute approximate surface area is 243 Å². The first-order valence-electron chi connectivity index (χ1n) is 14.8. The summed E-state index contributed by atoms with van der Waals surface area (Å²) in [6.07, 6.45) is 1.10. The molecule has 1 nitrogen and oxygen atoms in total. The first kappa shape index (κ1) is 25.5. The molecule has 0 bridgehead atoms. The number of rotatable bonds is 3. The summed E-state index contributed by atoms with van der Waals surface area (Å²) in [6, 6.07) is 40.8. The van der Waals surface area contributed by atoms with Gasteiger partial charge in [0.15, 0.2) is 0 Å². The predicted octanol–water partition coefficient (Wildman–Crippen LogP) is 10.1. The molecule has 1 heterocycles. The van der Waals surface area contributed by atoms with Gasteiger partial charge in [-0.3, -0.25) is 0 Å². The average Bonchev–Trinajstić information content (AvgIpc) is 2.98. The van der Waals surface area contributed by atoms with Crippen LogP contribution in [0.15, 0.2) is 109 Å². The topological polar surface area (TPSA) is 3.88 Å². The van der Waals surface area contributed by atoms with Crippen molar-refractivity contribution in [1.29, 1.82) is 0 Å². The van der Waals surface area contributed by atoms with E-state index in [1.54, 1.807) is 0 Å². The molecular weight excluding hydrogens is 494 g/mol. The lowest BCUT2D eigenvalue weighted by molar-refractivity contribution is -0.633. The Balaban J connectivity index is 1.59. The first-order valence-corrected chi connectivity index (χ1v) is 14.8. The maximum atomic E-state index is 2.41. The SMILES string of the molecule is Cc1cc2c(c(-c3ccc4cc(CC(C)C)ccc4[n+]3C)c1C)-c1ccccc1-c1ccccc1-c1ccccc1-2. The molecule has 5 aromatic carbocycles. The zero-order chi connectivity index (χ0) is 28.2. The third kappa shape index (κ3) is 4.11. The number of hydrogen-bond acceptors (Lipinski definition) is 0. The molecule has 0 saturated carbocycles. The molecule has 0 amide bonds. The van der Waals surface area contributed by atoms with Crippen molar-refractivity contribution in [1.82, 2.24) is 0 Å². The van der Waals surface area contributed by atoms with Crippen molar-refractivity contribution in [3.05, 3.63) is 126 Å². The van der Waals surface area contributed by atoms with E-state index in [1.165, 1.54) is 83.4 Å². The molecule has 0 atom stereocenters. The van der Waals surface area contributed by atoms with Gasteiger partial charge in [0.25, 0.3) is 0 Å². The predicted molar refractivity (Wildman–Crippen MR) is 174 cm³/mol. The minimum Gasteiger partial charge on any atom is -0.194 e. The van der Waals surface area contributed by atoms with Crippen molar-refractivity contribution in [2.24, 2.45) is 13.0 Å². The second kappa shape index (κ2) is 9.85. The zero-order valence-electron chi connectivity index (χ0n) is 24.6. The Morgan fingerprint density at radius 3 is 1.68 bits per heavy atom. The van der Waals surface area contributed by atoms with E-state index in [0.717, 1.165) is 6.42 Å². The number of nitrogens with zero attached hydrogens (tertiary/aromatic N) is 1. The van der Waals surface area contributed by atoms with Crippen molar-refractivity contribution < 1.29 is 4.57 Å². The van der Waals surface area contributed by atoms with Gasteiger partial charge in [-0.05, 0) is 94.0 Å². The van der Waals surface area contributed by atoms with E-state index in [4.69, 9.17) is 0 Å². The van der Waals surface area contributed by atoms with Crippen LogP contribution in [0.5, 0.6) is 0 Å². The lowest BCUT2D eigenvalue weighted by Gasteiger charge is -2.26.